The molecule has 0 aliphatic heterocycles. The lowest BCUT2D eigenvalue weighted by Gasteiger charge is -2.24. The zero-order valence-electron chi connectivity index (χ0n) is 15.0. The SMILES string of the molecule is O=C1C=C(C(COCc2ccccc2)NC(=O)C(F)(F)F)C(=O)c2ccccc21. The molecule has 29 heavy (non-hydrogen) atoms. The highest BCUT2D eigenvalue weighted by molar-refractivity contribution is 6.25. The summed E-state index contributed by atoms with van der Waals surface area (Å²) in [5.74, 6) is -3.37. The topological polar surface area (TPSA) is 72.5 Å². The monoisotopic (exact) mass is 403 g/mol. The van der Waals surface area contributed by atoms with Crippen molar-refractivity contribution in [3.8, 4) is 0 Å². The largest absolute Gasteiger partial charge is 0.471 e. The maximum atomic E-state index is 12.8. The highest BCUT2D eigenvalue weighted by atomic mass is 19.4. The maximum Gasteiger partial charge on any atom is 0.471 e. The molecule has 1 unspecified atom stereocenters. The van der Waals surface area contributed by atoms with E-state index in [4.69, 9.17) is 4.74 Å². The van der Waals surface area contributed by atoms with Gasteiger partial charge in [-0.05, 0) is 11.6 Å². The second-order valence-electron chi connectivity index (χ2n) is 6.36. The summed E-state index contributed by atoms with van der Waals surface area (Å²) >= 11 is 0. The fourth-order valence-electron chi connectivity index (χ4n) is 2.91. The second kappa shape index (κ2) is 8.40. The number of halogens is 3. The molecule has 8 heteroatoms. The number of nitrogens with one attached hydrogen (secondary N) is 1. The van der Waals surface area contributed by atoms with Crippen LogP contribution < -0.4 is 5.32 Å². The van der Waals surface area contributed by atoms with Crippen LogP contribution in [0.1, 0.15) is 26.3 Å². The second-order valence-corrected chi connectivity index (χ2v) is 6.36. The number of fused-ring (bicyclic) bond motifs is 1. The Balaban J connectivity index is 1.83. The quantitative estimate of drug-likeness (QED) is 0.804. The lowest BCUT2D eigenvalue weighted by atomic mass is 9.86. The lowest BCUT2D eigenvalue weighted by Crippen LogP contribution is -2.48. The van der Waals surface area contributed by atoms with E-state index < -0.39 is 36.3 Å². The van der Waals surface area contributed by atoms with Crippen LogP contribution in [0.2, 0.25) is 0 Å². The third-order valence-electron chi connectivity index (χ3n) is 4.32. The molecule has 0 bridgehead atoms. The van der Waals surface area contributed by atoms with Gasteiger partial charge in [-0.25, -0.2) is 0 Å². The first kappa shape index (κ1) is 20.5. The van der Waals surface area contributed by atoms with Gasteiger partial charge in [-0.1, -0.05) is 54.6 Å². The van der Waals surface area contributed by atoms with Crippen LogP contribution in [-0.2, 0) is 16.1 Å². The van der Waals surface area contributed by atoms with Crippen molar-refractivity contribution in [1.82, 2.24) is 5.32 Å². The van der Waals surface area contributed by atoms with E-state index in [1.54, 1.807) is 47.8 Å². The number of carbonyl (C=O) groups excluding carboxylic acids is 3. The van der Waals surface area contributed by atoms with Gasteiger partial charge in [0.25, 0.3) is 0 Å². The summed E-state index contributed by atoms with van der Waals surface area (Å²) in [4.78, 5) is 36.5. The molecule has 1 amide bonds. The predicted molar refractivity (Wildman–Crippen MR) is 97.3 cm³/mol. The summed E-state index contributed by atoms with van der Waals surface area (Å²) in [6.07, 6.45) is -4.18. The van der Waals surface area contributed by atoms with Crippen LogP contribution in [0, 0.1) is 0 Å². The minimum atomic E-state index is -5.14. The molecule has 0 fully saturated rings. The van der Waals surface area contributed by atoms with Gasteiger partial charge in [0.1, 0.15) is 0 Å². The van der Waals surface area contributed by atoms with Crippen molar-refractivity contribution in [2.75, 3.05) is 6.61 Å². The molecule has 0 radical (unpaired) electrons. The zero-order chi connectivity index (χ0) is 21.0. The molecule has 1 aliphatic rings. The highest BCUT2D eigenvalue weighted by Crippen LogP contribution is 2.24. The van der Waals surface area contributed by atoms with Crippen LogP contribution in [0.25, 0.3) is 0 Å². The van der Waals surface area contributed by atoms with Crippen LogP contribution in [-0.4, -0.2) is 36.3 Å². The van der Waals surface area contributed by atoms with Crippen molar-refractivity contribution >= 4 is 17.5 Å². The summed E-state index contributed by atoms with van der Waals surface area (Å²) in [5.41, 5.74) is 0.745. The number of benzene rings is 2. The third-order valence-corrected chi connectivity index (χ3v) is 4.32. The van der Waals surface area contributed by atoms with Crippen molar-refractivity contribution < 1.29 is 32.3 Å². The number of allylic oxidation sites excluding steroid dienone is 1. The molecular weight excluding hydrogens is 387 g/mol. The third kappa shape index (κ3) is 4.78. The van der Waals surface area contributed by atoms with Crippen molar-refractivity contribution in [3.63, 3.8) is 0 Å². The van der Waals surface area contributed by atoms with E-state index in [9.17, 15) is 27.6 Å². The van der Waals surface area contributed by atoms with Crippen molar-refractivity contribution in [2.24, 2.45) is 0 Å². The first-order chi connectivity index (χ1) is 13.8. The van der Waals surface area contributed by atoms with E-state index in [1.807, 2.05) is 0 Å². The molecule has 0 heterocycles. The maximum absolute atomic E-state index is 12.8. The summed E-state index contributed by atoms with van der Waals surface area (Å²) in [6.45, 7) is -0.352. The number of hydrogen-bond donors (Lipinski definition) is 1. The average molecular weight is 403 g/mol. The number of ether oxygens (including phenoxy) is 1. The molecule has 0 saturated heterocycles. The molecule has 1 N–H and O–H groups in total. The van der Waals surface area contributed by atoms with E-state index in [1.165, 1.54) is 12.1 Å². The zero-order valence-corrected chi connectivity index (χ0v) is 15.0. The highest BCUT2D eigenvalue weighted by Gasteiger charge is 2.41. The number of Topliss-reactive ketones (excluding diaryl/α,β-unsaturated/α-hetero) is 1. The van der Waals surface area contributed by atoms with Crippen LogP contribution in [0.3, 0.4) is 0 Å². The Labute approximate surface area is 164 Å². The van der Waals surface area contributed by atoms with Gasteiger partial charge in [-0.3, -0.25) is 14.4 Å². The molecule has 0 spiro atoms. The summed E-state index contributed by atoms with van der Waals surface area (Å²) in [6, 6.07) is 13.4. The Kier molecular flexibility index (Phi) is 5.93. The lowest BCUT2D eigenvalue weighted by molar-refractivity contribution is -0.174. The summed E-state index contributed by atoms with van der Waals surface area (Å²) < 4.78 is 43.7. The Hall–Kier alpha value is -3.26. The average Bonchev–Trinajstić information content (AvgIpc) is 2.70. The molecule has 1 aliphatic carbocycles. The fourth-order valence-corrected chi connectivity index (χ4v) is 2.91. The van der Waals surface area contributed by atoms with Crippen molar-refractivity contribution in [1.29, 1.82) is 0 Å². The molecule has 0 aromatic heterocycles. The van der Waals surface area contributed by atoms with Crippen LogP contribution in [0.4, 0.5) is 13.2 Å². The molecule has 3 rings (SSSR count). The smallest absolute Gasteiger partial charge is 0.374 e. The van der Waals surface area contributed by atoms with E-state index in [0.29, 0.717) is 0 Å². The minimum absolute atomic E-state index is 0.0607. The van der Waals surface area contributed by atoms with Gasteiger partial charge in [-0.15, -0.1) is 0 Å². The van der Waals surface area contributed by atoms with Gasteiger partial charge in [0, 0.05) is 16.7 Å². The van der Waals surface area contributed by atoms with Crippen molar-refractivity contribution in [3.05, 3.63) is 82.9 Å². The minimum Gasteiger partial charge on any atom is -0.374 e. The predicted octanol–water partition coefficient (Wildman–Crippen LogP) is 3.26. The molecule has 150 valence electrons. The van der Waals surface area contributed by atoms with Crippen molar-refractivity contribution in [2.45, 2.75) is 18.8 Å². The van der Waals surface area contributed by atoms with E-state index in [2.05, 4.69) is 0 Å². The number of hydrogen-bond acceptors (Lipinski definition) is 4. The van der Waals surface area contributed by atoms with Gasteiger partial charge in [0.05, 0.1) is 19.3 Å². The van der Waals surface area contributed by atoms with Gasteiger partial charge in [0.15, 0.2) is 11.6 Å². The van der Waals surface area contributed by atoms with Gasteiger partial charge < -0.3 is 10.1 Å². The number of ketones is 2. The fraction of sp³-hybridized carbons (Fsp3) is 0.190. The van der Waals surface area contributed by atoms with Gasteiger partial charge >= 0.3 is 12.1 Å². The Bertz CT molecular complexity index is 967. The standard InChI is InChI=1S/C21H16F3NO4/c22-21(23,24)20(28)25-17(12-29-11-13-6-2-1-3-7-13)16-10-18(26)14-8-4-5-9-15(14)19(16)27/h1-10,17H,11-12H2,(H,25,28). The van der Waals surface area contributed by atoms with Gasteiger partial charge in [0.2, 0.25) is 0 Å². The first-order valence-corrected chi connectivity index (χ1v) is 8.66. The summed E-state index contributed by atoms with van der Waals surface area (Å²) in [5, 5.41) is 1.76. The molecular formula is C21H16F3NO4. The normalized spacial score (nSPS) is 14.8. The Morgan fingerprint density at radius 1 is 0.966 bits per heavy atom. The van der Waals surface area contributed by atoms with E-state index in [0.717, 1.165) is 11.6 Å². The first-order valence-electron chi connectivity index (χ1n) is 8.66. The molecule has 2 aromatic rings. The van der Waals surface area contributed by atoms with E-state index >= 15 is 0 Å². The molecule has 2 aromatic carbocycles. The Morgan fingerprint density at radius 2 is 1.59 bits per heavy atom. The number of alkyl halides is 3. The number of carbonyl (C=O) groups is 3. The Morgan fingerprint density at radius 3 is 2.24 bits per heavy atom. The molecule has 5 nitrogen and oxygen atoms in total. The molecule has 1 atom stereocenters. The number of rotatable bonds is 6. The number of amides is 1. The van der Waals surface area contributed by atoms with Crippen LogP contribution in [0.5, 0.6) is 0 Å². The van der Waals surface area contributed by atoms with Gasteiger partial charge in [-0.2, -0.15) is 13.2 Å². The van der Waals surface area contributed by atoms with Crippen LogP contribution >= 0.6 is 0 Å². The van der Waals surface area contributed by atoms with E-state index in [-0.39, 0.29) is 23.3 Å². The molecule has 0 saturated carbocycles. The summed E-state index contributed by atoms with van der Waals surface area (Å²) in [7, 11) is 0. The van der Waals surface area contributed by atoms with Crippen LogP contribution in [0.15, 0.2) is 66.2 Å².